The van der Waals surface area contributed by atoms with Crippen LogP contribution in [0.2, 0.25) is 0 Å². The molecule has 1 aromatic rings. The lowest BCUT2D eigenvalue weighted by Crippen LogP contribution is -2.53. The van der Waals surface area contributed by atoms with E-state index in [0.29, 0.717) is 32.2 Å². The third-order valence-corrected chi connectivity index (χ3v) is 5.51. The maximum Gasteiger partial charge on any atom is 0.312 e. The summed E-state index contributed by atoms with van der Waals surface area (Å²) in [6.45, 7) is 6.16. The molecule has 0 N–H and O–H groups in total. The minimum atomic E-state index is -0.350. The molecule has 1 atom stereocenters. The van der Waals surface area contributed by atoms with Crippen LogP contribution in [0, 0.1) is 0 Å². The van der Waals surface area contributed by atoms with Gasteiger partial charge in [-0.05, 0) is 43.0 Å². The number of nitrogens with zero attached hydrogens (tertiary/aromatic N) is 7. The largest absolute Gasteiger partial charge is 0.334 e. The topological polar surface area (TPSA) is 87.5 Å². The molecule has 3 fully saturated rings. The fraction of sp³-hybridized carbons (Fsp3) is 0.812. The third-order valence-electron chi connectivity index (χ3n) is 5.51. The third kappa shape index (κ3) is 3.24. The first kappa shape index (κ1) is 16.4. The van der Waals surface area contributed by atoms with Crippen molar-refractivity contribution in [3.63, 3.8) is 0 Å². The Labute approximate surface area is 146 Å². The lowest BCUT2D eigenvalue weighted by molar-refractivity contribution is -0.152. The molecule has 3 heterocycles. The van der Waals surface area contributed by atoms with E-state index < -0.39 is 0 Å². The van der Waals surface area contributed by atoms with Crippen molar-refractivity contribution in [2.24, 2.45) is 0 Å². The predicted octanol–water partition coefficient (Wildman–Crippen LogP) is -0.164. The summed E-state index contributed by atoms with van der Waals surface area (Å²) in [4.78, 5) is 30.3. The van der Waals surface area contributed by atoms with Gasteiger partial charge in [0.05, 0.1) is 12.1 Å². The molecule has 1 aromatic heterocycles. The summed E-state index contributed by atoms with van der Waals surface area (Å²) >= 11 is 0. The van der Waals surface area contributed by atoms with Gasteiger partial charge in [-0.3, -0.25) is 14.5 Å². The van der Waals surface area contributed by atoms with Crippen LogP contribution in [0.15, 0.2) is 0 Å². The highest BCUT2D eigenvalue weighted by Gasteiger charge is 2.34. The molecule has 1 saturated carbocycles. The van der Waals surface area contributed by atoms with Gasteiger partial charge in [0.2, 0.25) is 0 Å². The van der Waals surface area contributed by atoms with Crippen LogP contribution in [0.1, 0.15) is 50.5 Å². The number of carbonyl (C=O) groups excluding carboxylic acids is 2. The summed E-state index contributed by atoms with van der Waals surface area (Å²) in [5.74, 6) is 0.212. The lowest BCUT2D eigenvalue weighted by atomic mass is 10.2. The van der Waals surface area contributed by atoms with Crippen molar-refractivity contribution < 1.29 is 9.59 Å². The van der Waals surface area contributed by atoms with Crippen molar-refractivity contribution in [2.45, 2.75) is 44.7 Å². The Hall–Kier alpha value is -2.03. The normalized spacial score (nSPS) is 23.1. The Morgan fingerprint density at radius 1 is 0.960 bits per heavy atom. The number of rotatable bonds is 3. The Balaban J connectivity index is 1.34. The van der Waals surface area contributed by atoms with E-state index in [4.69, 9.17) is 0 Å². The van der Waals surface area contributed by atoms with Gasteiger partial charge in [0.25, 0.3) is 0 Å². The highest BCUT2D eigenvalue weighted by Crippen LogP contribution is 2.36. The molecule has 136 valence electrons. The van der Waals surface area contributed by atoms with E-state index in [1.54, 1.807) is 9.80 Å². The Morgan fingerprint density at radius 2 is 1.56 bits per heavy atom. The van der Waals surface area contributed by atoms with Crippen molar-refractivity contribution >= 4 is 11.8 Å². The zero-order valence-electron chi connectivity index (χ0n) is 14.7. The Kier molecular flexibility index (Phi) is 4.41. The Morgan fingerprint density at radius 3 is 2.16 bits per heavy atom. The van der Waals surface area contributed by atoms with Crippen molar-refractivity contribution in [3.8, 4) is 0 Å². The van der Waals surface area contributed by atoms with Gasteiger partial charge in [-0.2, -0.15) is 0 Å². The van der Waals surface area contributed by atoms with E-state index in [1.807, 2.05) is 4.68 Å². The molecule has 0 spiro atoms. The van der Waals surface area contributed by atoms with Crippen LogP contribution in [0.5, 0.6) is 0 Å². The van der Waals surface area contributed by atoms with Crippen molar-refractivity contribution in [2.75, 3.05) is 39.3 Å². The van der Waals surface area contributed by atoms with E-state index in [9.17, 15) is 9.59 Å². The maximum atomic E-state index is 12.4. The van der Waals surface area contributed by atoms with Gasteiger partial charge < -0.3 is 9.80 Å². The standard InChI is InChI=1S/C16H25N7O2/c1-12(14-17-18-19-23(14)13-4-5-13)20-8-10-22(11-9-20)16(25)15(24)21-6-2-3-7-21/h12-13H,2-11H2,1H3. The SMILES string of the molecule is CC(c1nnnn1C1CC1)N1CCN(C(=O)C(=O)N2CCCC2)CC1. The minimum absolute atomic E-state index is 0.113. The number of piperazine rings is 1. The number of likely N-dealkylation sites (tertiary alicyclic amines) is 1. The van der Waals surface area contributed by atoms with Gasteiger partial charge >= 0.3 is 11.8 Å². The first-order valence-corrected chi connectivity index (χ1v) is 9.25. The summed E-state index contributed by atoms with van der Waals surface area (Å²) in [6, 6.07) is 0.565. The second kappa shape index (κ2) is 6.70. The molecule has 1 aliphatic carbocycles. The van der Waals surface area contributed by atoms with Gasteiger partial charge in [-0.1, -0.05) is 0 Å². The molecule has 4 rings (SSSR count). The minimum Gasteiger partial charge on any atom is -0.334 e. The van der Waals surface area contributed by atoms with Crippen LogP contribution in [-0.2, 0) is 9.59 Å². The first-order valence-electron chi connectivity index (χ1n) is 9.25. The second-order valence-electron chi connectivity index (χ2n) is 7.22. The Bertz CT molecular complexity index is 643. The molecule has 25 heavy (non-hydrogen) atoms. The number of carbonyl (C=O) groups is 2. The second-order valence-corrected chi connectivity index (χ2v) is 7.22. The highest BCUT2D eigenvalue weighted by atomic mass is 16.2. The molecular weight excluding hydrogens is 322 g/mol. The molecule has 2 amide bonds. The zero-order chi connectivity index (χ0) is 17.4. The quantitative estimate of drug-likeness (QED) is 0.706. The van der Waals surface area contributed by atoms with Gasteiger partial charge in [0.1, 0.15) is 0 Å². The van der Waals surface area contributed by atoms with E-state index in [0.717, 1.165) is 44.6 Å². The van der Waals surface area contributed by atoms with Crippen LogP contribution in [0.3, 0.4) is 0 Å². The molecule has 0 aromatic carbocycles. The van der Waals surface area contributed by atoms with E-state index in [-0.39, 0.29) is 17.9 Å². The van der Waals surface area contributed by atoms with Crippen molar-refractivity contribution in [3.05, 3.63) is 5.82 Å². The van der Waals surface area contributed by atoms with Gasteiger partial charge in [-0.15, -0.1) is 5.10 Å². The molecule has 2 aliphatic heterocycles. The first-order chi connectivity index (χ1) is 12.1. The van der Waals surface area contributed by atoms with Crippen molar-refractivity contribution in [1.29, 1.82) is 0 Å². The van der Waals surface area contributed by atoms with E-state index >= 15 is 0 Å². The number of aromatic nitrogens is 4. The van der Waals surface area contributed by atoms with Crippen LogP contribution < -0.4 is 0 Å². The fourth-order valence-corrected chi connectivity index (χ4v) is 3.72. The van der Waals surface area contributed by atoms with Crippen LogP contribution >= 0.6 is 0 Å². The molecule has 9 heteroatoms. The molecule has 0 radical (unpaired) electrons. The maximum absolute atomic E-state index is 12.4. The van der Waals surface area contributed by atoms with Crippen LogP contribution in [0.25, 0.3) is 0 Å². The molecule has 3 aliphatic rings. The number of hydrogen-bond donors (Lipinski definition) is 0. The highest BCUT2D eigenvalue weighted by molar-refractivity contribution is 6.34. The zero-order valence-corrected chi connectivity index (χ0v) is 14.7. The summed E-state index contributed by atoms with van der Waals surface area (Å²) < 4.78 is 1.94. The number of amides is 2. The lowest BCUT2D eigenvalue weighted by Gasteiger charge is -2.37. The smallest absolute Gasteiger partial charge is 0.312 e. The molecule has 0 bridgehead atoms. The average molecular weight is 347 g/mol. The van der Waals surface area contributed by atoms with Crippen LogP contribution in [0.4, 0.5) is 0 Å². The molecular formula is C16H25N7O2. The number of tetrazole rings is 1. The summed E-state index contributed by atoms with van der Waals surface area (Å²) in [6.07, 6.45) is 4.29. The van der Waals surface area contributed by atoms with E-state index in [2.05, 4.69) is 27.3 Å². The van der Waals surface area contributed by atoms with Crippen LogP contribution in [-0.4, -0.2) is 86.0 Å². The summed E-state index contributed by atoms with van der Waals surface area (Å²) in [5, 5.41) is 12.2. The van der Waals surface area contributed by atoms with Gasteiger partial charge in [0.15, 0.2) is 5.82 Å². The van der Waals surface area contributed by atoms with Crippen molar-refractivity contribution in [1.82, 2.24) is 34.9 Å². The fourth-order valence-electron chi connectivity index (χ4n) is 3.72. The van der Waals surface area contributed by atoms with Gasteiger partial charge in [-0.25, -0.2) is 4.68 Å². The number of hydrogen-bond acceptors (Lipinski definition) is 6. The monoisotopic (exact) mass is 347 g/mol. The van der Waals surface area contributed by atoms with Gasteiger partial charge in [0, 0.05) is 39.3 Å². The summed E-state index contributed by atoms with van der Waals surface area (Å²) in [5.41, 5.74) is 0. The molecule has 2 saturated heterocycles. The molecule has 1 unspecified atom stereocenters. The summed E-state index contributed by atoms with van der Waals surface area (Å²) in [7, 11) is 0. The molecule has 9 nitrogen and oxygen atoms in total. The average Bonchev–Trinajstić information content (AvgIpc) is 3.14. The predicted molar refractivity (Wildman–Crippen MR) is 88.5 cm³/mol. The van der Waals surface area contributed by atoms with E-state index in [1.165, 1.54) is 0 Å².